The molecule has 0 radical (unpaired) electrons. The highest BCUT2D eigenvalue weighted by Crippen LogP contribution is 2.26. The molecule has 0 saturated carbocycles. The minimum absolute atomic E-state index is 0.124. The van der Waals surface area contributed by atoms with Gasteiger partial charge in [-0.1, -0.05) is 18.2 Å². The molecule has 30 heavy (non-hydrogen) atoms. The van der Waals surface area contributed by atoms with E-state index in [1.54, 1.807) is 23.0 Å². The number of aromatic nitrogens is 3. The number of carbonyl (C=O) groups excluding carboxylic acids is 2. The Morgan fingerprint density at radius 1 is 1.17 bits per heavy atom. The van der Waals surface area contributed by atoms with Crippen LogP contribution >= 0.6 is 11.3 Å². The molecule has 0 aliphatic carbocycles. The van der Waals surface area contributed by atoms with Crippen molar-refractivity contribution in [3.63, 3.8) is 0 Å². The lowest BCUT2D eigenvalue weighted by molar-refractivity contribution is -0.119. The summed E-state index contributed by atoms with van der Waals surface area (Å²) in [6.45, 7) is 1.77. The van der Waals surface area contributed by atoms with Crippen molar-refractivity contribution in [1.29, 1.82) is 0 Å². The highest BCUT2D eigenvalue weighted by Gasteiger charge is 2.13. The van der Waals surface area contributed by atoms with Gasteiger partial charge in [-0.05, 0) is 29.8 Å². The van der Waals surface area contributed by atoms with Gasteiger partial charge in [0.15, 0.2) is 10.9 Å². The molecular weight excluding hydrogens is 402 g/mol. The fraction of sp³-hybridized carbons (Fsp3) is 0.143. The number of para-hydroxylation sites is 1. The molecule has 2 amide bonds. The molecule has 0 fully saturated rings. The molecule has 2 N–H and O–H groups in total. The summed E-state index contributed by atoms with van der Waals surface area (Å²) < 4.78 is 7.42. The van der Waals surface area contributed by atoms with E-state index in [0.717, 1.165) is 11.3 Å². The fourth-order valence-electron chi connectivity index (χ4n) is 2.79. The first-order chi connectivity index (χ1) is 14.6. The second kappa shape index (κ2) is 8.75. The van der Waals surface area contributed by atoms with Gasteiger partial charge >= 0.3 is 0 Å². The van der Waals surface area contributed by atoms with Crippen LogP contribution in [0.1, 0.15) is 18.2 Å². The van der Waals surface area contributed by atoms with Gasteiger partial charge in [0.1, 0.15) is 11.5 Å². The van der Waals surface area contributed by atoms with Crippen molar-refractivity contribution in [3.05, 3.63) is 71.6 Å². The van der Waals surface area contributed by atoms with Crippen LogP contribution in [0.15, 0.2) is 64.7 Å². The van der Waals surface area contributed by atoms with Crippen LogP contribution in [0.2, 0.25) is 0 Å². The second-order valence-electron chi connectivity index (χ2n) is 6.57. The number of nitrogens with one attached hydrogen (secondary N) is 2. The molecule has 4 aromatic rings. The van der Waals surface area contributed by atoms with Gasteiger partial charge in [-0.25, -0.2) is 9.67 Å². The zero-order valence-corrected chi connectivity index (χ0v) is 17.0. The van der Waals surface area contributed by atoms with E-state index in [0.29, 0.717) is 28.9 Å². The van der Waals surface area contributed by atoms with Gasteiger partial charge in [-0.3, -0.25) is 9.59 Å². The number of carbonyl (C=O) groups is 2. The third-order valence-corrected chi connectivity index (χ3v) is 4.96. The van der Waals surface area contributed by atoms with E-state index in [2.05, 4.69) is 20.7 Å². The molecule has 3 aromatic heterocycles. The molecule has 0 atom stereocenters. The topological polar surface area (TPSA) is 102 Å². The van der Waals surface area contributed by atoms with Crippen LogP contribution in [-0.2, 0) is 22.6 Å². The molecule has 4 rings (SSSR count). The van der Waals surface area contributed by atoms with E-state index in [9.17, 15) is 9.59 Å². The molecule has 0 bridgehead atoms. The summed E-state index contributed by atoms with van der Waals surface area (Å²) >= 11 is 1.32. The van der Waals surface area contributed by atoms with Crippen LogP contribution < -0.4 is 10.6 Å². The Bertz CT molecular complexity index is 1160. The van der Waals surface area contributed by atoms with Crippen LogP contribution in [0.3, 0.4) is 0 Å². The highest BCUT2D eigenvalue weighted by molar-refractivity contribution is 7.14. The number of furan rings is 1. The van der Waals surface area contributed by atoms with Crippen LogP contribution in [0, 0.1) is 0 Å². The Balaban J connectivity index is 1.35. The first-order valence-corrected chi connectivity index (χ1v) is 10.1. The first-order valence-electron chi connectivity index (χ1n) is 9.25. The lowest BCUT2D eigenvalue weighted by Gasteiger charge is -2.00. The minimum Gasteiger partial charge on any atom is -0.458 e. The summed E-state index contributed by atoms with van der Waals surface area (Å²) in [4.78, 5) is 27.8. The number of benzene rings is 1. The number of amides is 2. The molecule has 9 heteroatoms. The van der Waals surface area contributed by atoms with Crippen molar-refractivity contribution in [2.75, 3.05) is 5.32 Å². The Labute approximate surface area is 176 Å². The summed E-state index contributed by atoms with van der Waals surface area (Å²) in [5.74, 6) is 0.917. The van der Waals surface area contributed by atoms with Gasteiger partial charge < -0.3 is 15.1 Å². The van der Waals surface area contributed by atoms with Crippen LogP contribution in [0.25, 0.3) is 17.1 Å². The van der Waals surface area contributed by atoms with Crippen molar-refractivity contribution >= 4 is 28.3 Å². The molecule has 0 aliphatic heterocycles. The molecule has 152 valence electrons. The maximum Gasteiger partial charge on any atom is 0.230 e. The smallest absolute Gasteiger partial charge is 0.230 e. The van der Waals surface area contributed by atoms with Crippen molar-refractivity contribution in [2.24, 2.45) is 0 Å². The summed E-state index contributed by atoms with van der Waals surface area (Å²) in [6.07, 6.45) is 3.71. The second-order valence-corrected chi connectivity index (χ2v) is 7.43. The summed E-state index contributed by atoms with van der Waals surface area (Å²) in [7, 11) is 0. The molecule has 0 saturated heterocycles. The standard InChI is InChI=1S/C21H19N5O3S/c1-14(27)22-11-17-7-8-19(29-17)18-13-30-21(24-18)25-20(28)9-15-10-23-26(12-15)16-5-3-2-4-6-16/h2-8,10,12-13H,9,11H2,1H3,(H,22,27)(H,24,25,28). The van der Waals surface area contributed by atoms with E-state index >= 15 is 0 Å². The normalized spacial score (nSPS) is 10.7. The van der Waals surface area contributed by atoms with E-state index < -0.39 is 0 Å². The zero-order valence-electron chi connectivity index (χ0n) is 16.2. The predicted octanol–water partition coefficient (Wildman–Crippen LogP) is 3.41. The Morgan fingerprint density at radius 2 is 2.00 bits per heavy atom. The largest absolute Gasteiger partial charge is 0.458 e. The fourth-order valence-corrected chi connectivity index (χ4v) is 3.50. The number of rotatable bonds is 7. The lowest BCUT2D eigenvalue weighted by atomic mass is 10.2. The van der Waals surface area contributed by atoms with Crippen molar-refractivity contribution < 1.29 is 14.0 Å². The Kier molecular flexibility index (Phi) is 5.71. The number of hydrogen-bond donors (Lipinski definition) is 2. The lowest BCUT2D eigenvalue weighted by Crippen LogP contribution is -2.18. The average molecular weight is 421 g/mol. The monoisotopic (exact) mass is 421 g/mol. The molecule has 0 unspecified atom stereocenters. The highest BCUT2D eigenvalue weighted by atomic mass is 32.1. The first kappa shape index (κ1) is 19.6. The van der Waals surface area contributed by atoms with Crippen molar-refractivity contribution in [3.8, 4) is 17.1 Å². The maximum absolute atomic E-state index is 12.4. The minimum atomic E-state index is -0.172. The van der Waals surface area contributed by atoms with E-state index in [1.807, 2.05) is 41.9 Å². The van der Waals surface area contributed by atoms with Crippen molar-refractivity contribution in [1.82, 2.24) is 20.1 Å². The van der Waals surface area contributed by atoms with Gasteiger partial charge in [-0.15, -0.1) is 11.3 Å². The molecular formula is C21H19N5O3S. The number of thiazole rings is 1. The SMILES string of the molecule is CC(=O)NCc1ccc(-c2csc(NC(=O)Cc3cnn(-c4ccccc4)c3)n2)o1. The predicted molar refractivity (Wildman–Crippen MR) is 113 cm³/mol. The third kappa shape index (κ3) is 4.81. The van der Waals surface area contributed by atoms with Gasteiger partial charge in [0.25, 0.3) is 0 Å². The van der Waals surface area contributed by atoms with E-state index in [1.165, 1.54) is 18.3 Å². The maximum atomic E-state index is 12.4. The zero-order chi connectivity index (χ0) is 20.9. The summed E-state index contributed by atoms with van der Waals surface area (Å²) in [5, 5.41) is 12.1. The number of hydrogen-bond acceptors (Lipinski definition) is 6. The quantitative estimate of drug-likeness (QED) is 0.476. The van der Waals surface area contributed by atoms with Crippen LogP contribution in [0.4, 0.5) is 5.13 Å². The third-order valence-electron chi connectivity index (χ3n) is 4.20. The van der Waals surface area contributed by atoms with Gasteiger partial charge in [-0.2, -0.15) is 5.10 Å². The number of anilines is 1. The van der Waals surface area contributed by atoms with Gasteiger partial charge in [0.05, 0.1) is 24.8 Å². The molecule has 1 aromatic carbocycles. The van der Waals surface area contributed by atoms with Crippen molar-refractivity contribution in [2.45, 2.75) is 19.9 Å². The van der Waals surface area contributed by atoms with Crippen LogP contribution in [-0.4, -0.2) is 26.6 Å². The van der Waals surface area contributed by atoms with Gasteiger partial charge in [0.2, 0.25) is 11.8 Å². The Morgan fingerprint density at radius 3 is 2.80 bits per heavy atom. The summed E-state index contributed by atoms with van der Waals surface area (Å²) in [6, 6.07) is 13.3. The molecule has 3 heterocycles. The summed E-state index contributed by atoms with van der Waals surface area (Å²) in [5.41, 5.74) is 2.37. The molecule has 0 aliphatic rings. The van der Waals surface area contributed by atoms with E-state index in [-0.39, 0.29) is 18.2 Å². The van der Waals surface area contributed by atoms with E-state index in [4.69, 9.17) is 4.42 Å². The van der Waals surface area contributed by atoms with Crippen LogP contribution in [0.5, 0.6) is 0 Å². The Hall–Kier alpha value is -3.72. The average Bonchev–Trinajstić information content (AvgIpc) is 3.48. The number of nitrogens with zero attached hydrogens (tertiary/aromatic N) is 3. The molecule has 0 spiro atoms. The molecule has 8 nitrogen and oxygen atoms in total. The van der Waals surface area contributed by atoms with Gasteiger partial charge in [0, 0.05) is 18.5 Å².